The number of methoxy groups -OCH3 is 1. The molecule has 124 valence electrons. The average molecular weight is 343 g/mol. The summed E-state index contributed by atoms with van der Waals surface area (Å²) in [5, 5.41) is 7.72. The number of hydrogen-bond acceptors (Lipinski definition) is 5. The molecule has 0 N–H and O–H groups in total. The molecule has 0 unspecified atom stereocenters. The highest BCUT2D eigenvalue weighted by Gasteiger charge is 2.16. The summed E-state index contributed by atoms with van der Waals surface area (Å²) in [6.45, 7) is 0. The average Bonchev–Trinajstić information content (AvgIpc) is 3.12. The number of nitrogens with zero attached hydrogens (tertiary/aromatic N) is 3. The second-order valence-electron chi connectivity index (χ2n) is 5.26. The Bertz CT molecular complexity index is 904. The third-order valence-corrected chi connectivity index (χ3v) is 5.10. The van der Waals surface area contributed by atoms with Gasteiger partial charge in [0.05, 0.1) is 19.1 Å². The van der Waals surface area contributed by atoms with Crippen molar-refractivity contribution in [3.63, 3.8) is 0 Å². The molecule has 1 heterocycles. The molecule has 0 aliphatic carbocycles. The van der Waals surface area contributed by atoms with Crippen molar-refractivity contribution in [1.82, 2.24) is 14.4 Å². The minimum absolute atomic E-state index is 0.0254. The van der Waals surface area contributed by atoms with E-state index in [0.29, 0.717) is 12.1 Å². The maximum absolute atomic E-state index is 12.4. The summed E-state index contributed by atoms with van der Waals surface area (Å²) >= 11 is 0. The van der Waals surface area contributed by atoms with Crippen molar-refractivity contribution in [2.75, 3.05) is 12.9 Å². The van der Waals surface area contributed by atoms with Gasteiger partial charge in [0.15, 0.2) is 0 Å². The Kier molecular flexibility index (Phi) is 4.61. The lowest BCUT2D eigenvalue weighted by molar-refractivity contribution is 0.415. The second-order valence-corrected chi connectivity index (χ2v) is 7.20. The van der Waals surface area contributed by atoms with Gasteiger partial charge < -0.3 is 4.74 Å². The van der Waals surface area contributed by atoms with E-state index in [1.165, 1.54) is 6.20 Å². The monoisotopic (exact) mass is 343 g/mol. The lowest BCUT2D eigenvalue weighted by Gasteiger charge is -2.03. The lowest BCUT2D eigenvalue weighted by atomic mass is 10.2. The molecule has 6 nitrogen and oxygen atoms in total. The van der Waals surface area contributed by atoms with Crippen LogP contribution < -0.4 is 4.74 Å². The smallest absolute Gasteiger partial charge is 0.255 e. The Balaban J connectivity index is 1.75. The second kappa shape index (κ2) is 6.84. The first-order chi connectivity index (χ1) is 11.6. The van der Waals surface area contributed by atoms with Crippen molar-refractivity contribution in [1.29, 1.82) is 0 Å². The fourth-order valence-electron chi connectivity index (χ4n) is 2.26. The number of ether oxygens (including phenoxy) is 1. The van der Waals surface area contributed by atoms with Gasteiger partial charge in [-0.15, -0.1) is 9.19 Å². The molecule has 0 saturated carbocycles. The predicted octanol–water partition coefficient (Wildman–Crippen LogP) is 2.37. The lowest BCUT2D eigenvalue weighted by Crippen LogP contribution is -2.18. The maximum atomic E-state index is 12.4. The number of benzene rings is 2. The molecule has 7 heteroatoms. The SMILES string of the molecule is COc1ccc(-c2cn(S(=O)(=O)CCc3ccccc3)nn2)cc1. The molecule has 0 saturated heterocycles. The number of rotatable bonds is 6. The molecular formula is C17H17N3O3S. The molecule has 0 bridgehead atoms. The molecule has 0 atom stereocenters. The van der Waals surface area contributed by atoms with Gasteiger partial charge in [0.25, 0.3) is 10.0 Å². The van der Waals surface area contributed by atoms with Crippen LogP contribution >= 0.6 is 0 Å². The molecule has 24 heavy (non-hydrogen) atoms. The van der Waals surface area contributed by atoms with Gasteiger partial charge in [0, 0.05) is 5.56 Å². The highest BCUT2D eigenvalue weighted by atomic mass is 32.2. The summed E-state index contributed by atoms with van der Waals surface area (Å²) in [6, 6.07) is 16.7. The highest BCUT2D eigenvalue weighted by molar-refractivity contribution is 7.89. The van der Waals surface area contributed by atoms with Crippen LogP contribution in [0.5, 0.6) is 5.75 Å². The van der Waals surface area contributed by atoms with Gasteiger partial charge in [-0.3, -0.25) is 0 Å². The van der Waals surface area contributed by atoms with E-state index in [-0.39, 0.29) is 5.75 Å². The van der Waals surface area contributed by atoms with Crippen LogP contribution in [0.25, 0.3) is 11.3 Å². The van der Waals surface area contributed by atoms with Crippen LogP contribution in [-0.2, 0) is 16.4 Å². The van der Waals surface area contributed by atoms with E-state index in [0.717, 1.165) is 21.0 Å². The first-order valence-electron chi connectivity index (χ1n) is 7.42. The van der Waals surface area contributed by atoms with Crippen molar-refractivity contribution >= 4 is 10.0 Å². The molecule has 3 rings (SSSR count). The van der Waals surface area contributed by atoms with Gasteiger partial charge >= 0.3 is 0 Å². The quantitative estimate of drug-likeness (QED) is 0.687. The molecule has 0 fully saturated rings. The van der Waals surface area contributed by atoms with E-state index in [2.05, 4.69) is 10.3 Å². The number of aromatic nitrogens is 3. The summed E-state index contributed by atoms with van der Waals surface area (Å²) in [6.07, 6.45) is 1.86. The first kappa shape index (κ1) is 16.2. The molecule has 3 aromatic rings. The molecule has 0 aliphatic rings. The molecule has 0 radical (unpaired) electrons. The Labute approximate surface area is 140 Å². The summed E-state index contributed by atoms with van der Waals surface area (Å²) < 4.78 is 30.8. The van der Waals surface area contributed by atoms with E-state index in [4.69, 9.17) is 4.74 Å². The van der Waals surface area contributed by atoms with Crippen molar-refractivity contribution in [3.8, 4) is 17.0 Å². The van der Waals surface area contributed by atoms with Crippen LogP contribution in [-0.4, -0.2) is 35.7 Å². The van der Waals surface area contributed by atoms with Gasteiger partial charge in [0.1, 0.15) is 11.4 Å². The van der Waals surface area contributed by atoms with Crippen LogP contribution in [0, 0.1) is 0 Å². The molecule has 0 spiro atoms. The molecule has 1 aromatic heterocycles. The summed E-state index contributed by atoms with van der Waals surface area (Å²) in [7, 11) is -1.95. The third-order valence-electron chi connectivity index (χ3n) is 3.64. The summed E-state index contributed by atoms with van der Waals surface area (Å²) in [5.74, 6) is 0.698. The zero-order valence-corrected chi connectivity index (χ0v) is 14.0. The Morgan fingerprint density at radius 3 is 2.42 bits per heavy atom. The fourth-order valence-corrected chi connectivity index (χ4v) is 3.35. The fraction of sp³-hybridized carbons (Fsp3) is 0.176. The van der Waals surface area contributed by atoms with Crippen LogP contribution in [0.4, 0.5) is 0 Å². The Morgan fingerprint density at radius 1 is 1.04 bits per heavy atom. The molecular weight excluding hydrogens is 326 g/mol. The van der Waals surface area contributed by atoms with E-state index in [9.17, 15) is 8.42 Å². The van der Waals surface area contributed by atoms with Crippen molar-refractivity contribution in [3.05, 3.63) is 66.4 Å². The van der Waals surface area contributed by atoms with Crippen molar-refractivity contribution < 1.29 is 13.2 Å². The topological polar surface area (TPSA) is 74.1 Å². The van der Waals surface area contributed by atoms with Crippen LogP contribution in [0.1, 0.15) is 5.56 Å². The van der Waals surface area contributed by atoms with Gasteiger partial charge in [0.2, 0.25) is 0 Å². The van der Waals surface area contributed by atoms with E-state index in [1.54, 1.807) is 19.2 Å². The van der Waals surface area contributed by atoms with Gasteiger partial charge in [-0.05, 0) is 36.2 Å². The van der Waals surface area contributed by atoms with E-state index < -0.39 is 10.0 Å². The summed E-state index contributed by atoms with van der Waals surface area (Å²) in [5.41, 5.74) is 2.25. The Morgan fingerprint density at radius 2 is 1.75 bits per heavy atom. The number of aryl methyl sites for hydroxylation is 1. The first-order valence-corrected chi connectivity index (χ1v) is 9.03. The highest BCUT2D eigenvalue weighted by Crippen LogP contribution is 2.20. The molecule has 2 aromatic carbocycles. The van der Waals surface area contributed by atoms with Crippen molar-refractivity contribution in [2.45, 2.75) is 6.42 Å². The van der Waals surface area contributed by atoms with Gasteiger partial charge in [-0.2, -0.15) is 0 Å². The maximum Gasteiger partial charge on any atom is 0.255 e. The molecule has 0 aliphatic heterocycles. The normalized spacial score (nSPS) is 11.4. The summed E-state index contributed by atoms with van der Waals surface area (Å²) in [4.78, 5) is 0. The minimum atomic E-state index is -3.54. The predicted molar refractivity (Wildman–Crippen MR) is 91.3 cm³/mol. The molecule has 0 amide bonds. The van der Waals surface area contributed by atoms with Crippen molar-refractivity contribution in [2.24, 2.45) is 0 Å². The van der Waals surface area contributed by atoms with Crippen LogP contribution in [0.3, 0.4) is 0 Å². The van der Waals surface area contributed by atoms with Crippen LogP contribution in [0.2, 0.25) is 0 Å². The minimum Gasteiger partial charge on any atom is -0.497 e. The van der Waals surface area contributed by atoms with Crippen LogP contribution in [0.15, 0.2) is 60.8 Å². The number of hydrogen-bond donors (Lipinski definition) is 0. The third kappa shape index (κ3) is 3.62. The standard InChI is InChI=1S/C17H17N3O3S/c1-23-16-9-7-15(8-10-16)17-13-20(19-18-17)24(21,22)12-11-14-5-3-2-4-6-14/h2-10,13H,11-12H2,1H3. The zero-order valence-electron chi connectivity index (χ0n) is 13.2. The van der Waals surface area contributed by atoms with E-state index in [1.807, 2.05) is 42.5 Å². The van der Waals surface area contributed by atoms with E-state index >= 15 is 0 Å². The van der Waals surface area contributed by atoms with Gasteiger partial charge in [-0.25, -0.2) is 8.42 Å². The zero-order chi connectivity index (χ0) is 17.0. The largest absolute Gasteiger partial charge is 0.497 e. The van der Waals surface area contributed by atoms with Gasteiger partial charge in [-0.1, -0.05) is 35.5 Å². The Hall–Kier alpha value is -2.67.